The quantitative estimate of drug-likeness (QED) is 0.688. The summed E-state index contributed by atoms with van der Waals surface area (Å²) in [5, 5.41) is 17.7. The van der Waals surface area contributed by atoms with Gasteiger partial charge in [0.05, 0.1) is 16.9 Å². The molecule has 6 aliphatic rings. The topological polar surface area (TPSA) is 87.1 Å². The lowest BCUT2D eigenvalue weighted by Crippen LogP contribution is -2.61. The minimum Gasteiger partial charge on any atom is -0.390 e. The molecular weight excluding hydrogens is 376 g/mol. The van der Waals surface area contributed by atoms with Crippen molar-refractivity contribution in [1.82, 2.24) is 15.3 Å². The lowest BCUT2D eigenvalue weighted by atomic mass is 9.52. The van der Waals surface area contributed by atoms with Crippen LogP contribution in [0.4, 0.5) is 5.95 Å². The van der Waals surface area contributed by atoms with Gasteiger partial charge in [0.25, 0.3) is 5.91 Å². The fraction of sp³-hybridized carbons (Fsp3) is 0.792. The predicted octanol–water partition coefficient (Wildman–Crippen LogP) is 3.77. The molecule has 0 spiro atoms. The molecule has 3 N–H and O–H groups in total. The first-order chi connectivity index (χ1) is 14.6. The number of nitrogens with one attached hydrogen (secondary N) is 2. The van der Waals surface area contributed by atoms with Gasteiger partial charge in [-0.3, -0.25) is 4.79 Å². The smallest absolute Gasteiger partial charge is 0.254 e. The van der Waals surface area contributed by atoms with E-state index in [0.29, 0.717) is 41.2 Å². The number of carbonyl (C=O) groups is 1. The molecular formula is C24H34N4O2. The predicted molar refractivity (Wildman–Crippen MR) is 114 cm³/mol. The normalized spacial score (nSPS) is 37.9. The highest BCUT2D eigenvalue weighted by Gasteiger charge is 2.55. The Kier molecular flexibility index (Phi) is 4.55. The summed E-state index contributed by atoms with van der Waals surface area (Å²) in [7, 11) is 0. The number of nitrogens with zero attached hydrogens (tertiary/aromatic N) is 2. The molecule has 1 aromatic rings. The Balaban J connectivity index is 1.21. The summed E-state index contributed by atoms with van der Waals surface area (Å²) in [6, 6.07) is 0.664. The van der Waals surface area contributed by atoms with E-state index in [4.69, 9.17) is 4.98 Å². The third-order valence-corrected chi connectivity index (χ3v) is 8.78. The van der Waals surface area contributed by atoms with E-state index >= 15 is 0 Å². The van der Waals surface area contributed by atoms with Gasteiger partial charge >= 0.3 is 0 Å². The van der Waals surface area contributed by atoms with Crippen molar-refractivity contribution < 1.29 is 9.90 Å². The molecule has 0 aromatic carbocycles. The van der Waals surface area contributed by atoms with Gasteiger partial charge in [0.15, 0.2) is 0 Å². The molecule has 4 bridgehead atoms. The van der Waals surface area contributed by atoms with Crippen molar-refractivity contribution in [2.24, 2.45) is 17.8 Å². The second kappa shape index (κ2) is 7.18. The Morgan fingerprint density at radius 1 is 1.03 bits per heavy atom. The molecule has 2 atom stereocenters. The largest absolute Gasteiger partial charge is 0.390 e. The zero-order valence-electron chi connectivity index (χ0n) is 17.8. The summed E-state index contributed by atoms with van der Waals surface area (Å²) < 4.78 is 0. The third kappa shape index (κ3) is 3.31. The summed E-state index contributed by atoms with van der Waals surface area (Å²) in [5.74, 6) is 2.56. The summed E-state index contributed by atoms with van der Waals surface area (Å²) >= 11 is 0. The number of amides is 1. The highest BCUT2D eigenvalue weighted by Crippen LogP contribution is 2.55. The fourth-order valence-corrected chi connectivity index (χ4v) is 7.33. The molecule has 0 radical (unpaired) electrons. The van der Waals surface area contributed by atoms with E-state index in [-0.39, 0.29) is 11.9 Å². The summed E-state index contributed by atoms with van der Waals surface area (Å²) in [5.41, 5.74) is 1.15. The van der Waals surface area contributed by atoms with Gasteiger partial charge in [-0.1, -0.05) is 19.3 Å². The highest BCUT2D eigenvalue weighted by molar-refractivity contribution is 5.95. The SMILES string of the molecule is O=C(NC1C2CC3CC1CC(O)(C3)C2)c1cnc(NC2CCCC2)nc1C1CCC1. The van der Waals surface area contributed by atoms with Gasteiger partial charge in [0, 0.05) is 24.2 Å². The highest BCUT2D eigenvalue weighted by atomic mass is 16.3. The van der Waals surface area contributed by atoms with Crippen molar-refractivity contribution in [2.45, 2.75) is 101 Å². The van der Waals surface area contributed by atoms with Crippen molar-refractivity contribution in [3.8, 4) is 0 Å². The van der Waals surface area contributed by atoms with E-state index in [1.165, 1.54) is 32.1 Å². The van der Waals surface area contributed by atoms with Crippen molar-refractivity contribution >= 4 is 11.9 Å². The average Bonchev–Trinajstić information content (AvgIpc) is 3.15. The van der Waals surface area contributed by atoms with E-state index in [0.717, 1.165) is 50.6 Å². The first-order valence-corrected chi connectivity index (χ1v) is 12.2. The third-order valence-electron chi connectivity index (χ3n) is 8.78. The van der Waals surface area contributed by atoms with Gasteiger partial charge in [-0.05, 0) is 75.5 Å². The molecule has 2 unspecified atom stereocenters. The van der Waals surface area contributed by atoms with Crippen molar-refractivity contribution in [3.63, 3.8) is 0 Å². The standard InChI is InChI=1S/C24H34N4O2/c29-22(27-20-16-8-14-9-17(20)12-24(30,10-14)11-16)19-13-25-23(26-18-6-1-2-7-18)28-21(19)15-4-3-5-15/h13-18,20,30H,1-12H2,(H,27,29)(H,25,26,28). The van der Waals surface area contributed by atoms with Crippen LogP contribution in [0.3, 0.4) is 0 Å². The van der Waals surface area contributed by atoms with Crippen molar-refractivity contribution in [2.75, 3.05) is 5.32 Å². The van der Waals surface area contributed by atoms with Gasteiger partial charge in [0.2, 0.25) is 5.95 Å². The molecule has 0 aliphatic heterocycles. The van der Waals surface area contributed by atoms with Crippen LogP contribution in [0.25, 0.3) is 0 Å². The van der Waals surface area contributed by atoms with E-state index in [1.54, 1.807) is 6.20 Å². The van der Waals surface area contributed by atoms with Gasteiger partial charge in [-0.25, -0.2) is 9.97 Å². The maximum Gasteiger partial charge on any atom is 0.254 e. The summed E-state index contributed by atoms with van der Waals surface area (Å²) in [4.78, 5) is 22.8. The van der Waals surface area contributed by atoms with E-state index < -0.39 is 5.60 Å². The number of aliphatic hydroxyl groups is 1. The Labute approximate surface area is 178 Å². The fourth-order valence-electron chi connectivity index (χ4n) is 7.33. The lowest BCUT2D eigenvalue weighted by Gasteiger charge is -2.58. The molecule has 1 amide bonds. The van der Waals surface area contributed by atoms with Crippen LogP contribution in [-0.2, 0) is 0 Å². The number of carbonyl (C=O) groups excluding carboxylic acids is 1. The molecule has 6 saturated carbocycles. The van der Waals surface area contributed by atoms with Crippen molar-refractivity contribution in [1.29, 1.82) is 0 Å². The second-order valence-electron chi connectivity index (χ2n) is 10.9. The zero-order chi connectivity index (χ0) is 20.3. The Bertz CT molecular complexity index is 816. The van der Waals surface area contributed by atoms with Crippen LogP contribution < -0.4 is 10.6 Å². The average molecular weight is 411 g/mol. The van der Waals surface area contributed by atoms with Crippen LogP contribution in [0.5, 0.6) is 0 Å². The van der Waals surface area contributed by atoms with Crippen LogP contribution in [0.2, 0.25) is 0 Å². The molecule has 6 fully saturated rings. The molecule has 1 heterocycles. The monoisotopic (exact) mass is 410 g/mol. The first kappa shape index (κ1) is 19.0. The molecule has 6 nitrogen and oxygen atoms in total. The zero-order valence-corrected chi connectivity index (χ0v) is 17.8. The number of hydrogen-bond donors (Lipinski definition) is 3. The Hall–Kier alpha value is -1.69. The van der Waals surface area contributed by atoms with Crippen LogP contribution in [-0.4, -0.2) is 38.7 Å². The van der Waals surface area contributed by atoms with Gasteiger partial charge in [-0.2, -0.15) is 0 Å². The van der Waals surface area contributed by atoms with E-state index in [1.807, 2.05) is 0 Å². The van der Waals surface area contributed by atoms with Crippen molar-refractivity contribution in [3.05, 3.63) is 17.5 Å². The van der Waals surface area contributed by atoms with Gasteiger partial charge < -0.3 is 15.7 Å². The molecule has 30 heavy (non-hydrogen) atoms. The number of anilines is 1. The van der Waals surface area contributed by atoms with E-state index in [9.17, 15) is 9.90 Å². The number of rotatable bonds is 5. The molecule has 0 saturated heterocycles. The molecule has 162 valence electrons. The molecule has 6 heteroatoms. The summed E-state index contributed by atoms with van der Waals surface area (Å²) in [6.07, 6.45) is 15.1. The molecule has 6 aliphatic carbocycles. The van der Waals surface area contributed by atoms with Crippen LogP contribution in [0.1, 0.15) is 99.0 Å². The van der Waals surface area contributed by atoms with E-state index in [2.05, 4.69) is 15.6 Å². The van der Waals surface area contributed by atoms with Gasteiger partial charge in [0.1, 0.15) is 0 Å². The minimum atomic E-state index is -0.467. The van der Waals surface area contributed by atoms with Crippen LogP contribution in [0.15, 0.2) is 6.20 Å². The molecule has 7 rings (SSSR count). The van der Waals surface area contributed by atoms with Crippen LogP contribution in [0, 0.1) is 17.8 Å². The lowest BCUT2D eigenvalue weighted by molar-refractivity contribution is -0.136. The minimum absolute atomic E-state index is 0.00576. The second-order valence-corrected chi connectivity index (χ2v) is 10.9. The van der Waals surface area contributed by atoms with Gasteiger partial charge in [-0.15, -0.1) is 0 Å². The number of hydrogen-bond acceptors (Lipinski definition) is 5. The maximum atomic E-state index is 13.4. The Morgan fingerprint density at radius 3 is 2.40 bits per heavy atom. The first-order valence-electron chi connectivity index (χ1n) is 12.2. The van der Waals surface area contributed by atoms with Crippen LogP contribution >= 0.6 is 0 Å². The Morgan fingerprint density at radius 2 is 1.77 bits per heavy atom. The molecule has 1 aromatic heterocycles. The number of aromatic nitrogens is 2. The maximum absolute atomic E-state index is 13.4. The summed E-state index contributed by atoms with van der Waals surface area (Å²) in [6.45, 7) is 0.